The zero-order valence-corrected chi connectivity index (χ0v) is 19.7. The number of carbonyl (C=O) groups excluding carboxylic acids is 2. The summed E-state index contributed by atoms with van der Waals surface area (Å²) in [5.74, 6) is -0.0350. The van der Waals surface area contributed by atoms with E-state index in [1.54, 1.807) is 41.5 Å². The van der Waals surface area contributed by atoms with Gasteiger partial charge < -0.3 is 34.2 Å². The van der Waals surface area contributed by atoms with Gasteiger partial charge in [0.15, 0.2) is 11.5 Å². The normalized spacial score (nSPS) is 12.7. The molecule has 0 aromatic heterocycles. The van der Waals surface area contributed by atoms with Crippen LogP contribution in [0.2, 0.25) is 0 Å². The third-order valence-corrected chi connectivity index (χ3v) is 3.54. The number of methoxy groups -OCH3 is 2. The minimum atomic E-state index is -0.822. The molecule has 0 radical (unpaired) electrons. The van der Waals surface area contributed by atoms with Gasteiger partial charge in [0.25, 0.3) is 0 Å². The minimum Gasteiger partial charge on any atom is -0.493 e. The molecule has 9 heteroatoms. The lowest BCUT2D eigenvalue weighted by molar-refractivity contribution is -0.158. The smallest absolute Gasteiger partial charge is 0.338 e. The molecule has 1 aromatic carbocycles. The molecule has 0 aliphatic rings. The van der Waals surface area contributed by atoms with Gasteiger partial charge in [-0.05, 0) is 53.7 Å². The summed E-state index contributed by atoms with van der Waals surface area (Å²) in [5.41, 5.74) is 4.86. The van der Waals surface area contributed by atoms with E-state index in [-0.39, 0.29) is 25.2 Å². The van der Waals surface area contributed by atoms with Crippen LogP contribution in [0.25, 0.3) is 0 Å². The van der Waals surface area contributed by atoms with Crippen molar-refractivity contribution in [3.05, 3.63) is 17.7 Å². The summed E-state index contributed by atoms with van der Waals surface area (Å²) < 4.78 is 32.4. The van der Waals surface area contributed by atoms with Crippen molar-refractivity contribution < 1.29 is 38.0 Å². The quantitative estimate of drug-likeness (QED) is 0.332. The van der Waals surface area contributed by atoms with E-state index in [1.165, 1.54) is 26.4 Å². The maximum absolute atomic E-state index is 12.4. The van der Waals surface area contributed by atoms with Crippen LogP contribution in [0.3, 0.4) is 0 Å². The fraction of sp³-hybridized carbons (Fsp3) is 0.636. The van der Waals surface area contributed by atoms with Crippen LogP contribution in [0.1, 0.15) is 58.3 Å². The molecule has 0 saturated heterocycles. The Balaban J connectivity index is 2.72. The van der Waals surface area contributed by atoms with Crippen molar-refractivity contribution in [1.29, 1.82) is 0 Å². The summed E-state index contributed by atoms with van der Waals surface area (Å²) in [4.78, 5) is 24.2. The first-order chi connectivity index (χ1) is 14.3. The zero-order chi connectivity index (χ0) is 23.8. The van der Waals surface area contributed by atoms with Crippen LogP contribution in [-0.2, 0) is 19.0 Å². The van der Waals surface area contributed by atoms with E-state index in [0.29, 0.717) is 17.2 Å². The van der Waals surface area contributed by atoms with Crippen molar-refractivity contribution in [3.63, 3.8) is 0 Å². The second-order valence-corrected chi connectivity index (χ2v) is 8.76. The zero-order valence-electron chi connectivity index (χ0n) is 19.7. The van der Waals surface area contributed by atoms with E-state index in [1.807, 2.05) is 0 Å². The molecule has 0 heterocycles. The number of hydrogen-bond donors (Lipinski definition) is 1. The molecule has 1 rings (SSSR count). The van der Waals surface area contributed by atoms with Crippen LogP contribution in [0.4, 0.5) is 0 Å². The summed E-state index contributed by atoms with van der Waals surface area (Å²) >= 11 is 0. The molecule has 0 aliphatic carbocycles. The first-order valence-electron chi connectivity index (χ1n) is 9.97. The maximum Gasteiger partial charge on any atom is 0.338 e. The Hall–Kier alpha value is -2.52. The molecule has 0 amide bonds. The number of rotatable bonds is 10. The van der Waals surface area contributed by atoms with Gasteiger partial charge in [-0.2, -0.15) is 0 Å². The molecule has 0 saturated carbocycles. The highest BCUT2D eigenvalue weighted by Gasteiger charge is 2.23. The number of nitrogens with two attached hydrogens (primary N) is 1. The first-order valence-corrected chi connectivity index (χ1v) is 9.97. The minimum absolute atomic E-state index is 0.0749. The number of carbonyl (C=O) groups is 2. The second kappa shape index (κ2) is 11.2. The van der Waals surface area contributed by atoms with E-state index in [4.69, 9.17) is 34.2 Å². The van der Waals surface area contributed by atoms with E-state index in [0.717, 1.165) is 0 Å². The number of ether oxygens (including phenoxy) is 6. The number of hydrogen-bond acceptors (Lipinski definition) is 9. The lowest BCUT2D eigenvalue weighted by atomic mass is 10.1. The SMILES string of the molecule is COc1cc(C(=O)OC(C)(C)C)cc(OC)c1OCCOC(N)CC(=O)OC(C)(C)C. The van der Waals surface area contributed by atoms with Gasteiger partial charge in [-0.25, -0.2) is 4.79 Å². The van der Waals surface area contributed by atoms with Crippen LogP contribution >= 0.6 is 0 Å². The van der Waals surface area contributed by atoms with Gasteiger partial charge >= 0.3 is 11.9 Å². The third kappa shape index (κ3) is 9.89. The fourth-order valence-electron chi connectivity index (χ4n) is 2.43. The molecule has 0 spiro atoms. The summed E-state index contributed by atoms with van der Waals surface area (Å²) in [6.07, 6.45) is -0.897. The first kappa shape index (κ1) is 26.5. The Morgan fingerprint density at radius 1 is 0.903 bits per heavy atom. The summed E-state index contributed by atoms with van der Waals surface area (Å²) in [6.45, 7) is 10.9. The van der Waals surface area contributed by atoms with Crippen molar-refractivity contribution >= 4 is 11.9 Å². The van der Waals surface area contributed by atoms with E-state index >= 15 is 0 Å². The van der Waals surface area contributed by atoms with Crippen LogP contribution in [0.5, 0.6) is 17.2 Å². The lowest BCUT2D eigenvalue weighted by Crippen LogP contribution is -2.32. The Morgan fingerprint density at radius 3 is 1.87 bits per heavy atom. The van der Waals surface area contributed by atoms with Crippen molar-refractivity contribution in [3.8, 4) is 17.2 Å². The van der Waals surface area contributed by atoms with Crippen molar-refractivity contribution in [2.45, 2.75) is 65.4 Å². The molecule has 2 N–H and O–H groups in total. The Bertz CT molecular complexity index is 724. The van der Waals surface area contributed by atoms with Crippen LogP contribution in [0, 0.1) is 0 Å². The standard InChI is InChI=1S/C22H35NO8/c1-21(2,3)30-18(24)13-17(23)28-9-10-29-19-15(26-7)11-14(12-16(19)27-8)20(25)31-22(4,5)6/h11-12,17H,9-10,13,23H2,1-8H3. The Kier molecular flexibility index (Phi) is 9.58. The molecular formula is C22H35NO8. The molecule has 1 aromatic rings. The van der Waals surface area contributed by atoms with Gasteiger partial charge in [-0.15, -0.1) is 0 Å². The monoisotopic (exact) mass is 441 g/mol. The van der Waals surface area contributed by atoms with Crippen LogP contribution in [0.15, 0.2) is 12.1 Å². The molecule has 9 nitrogen and oxygen atoms in total. The number of benzene rings is 1. The Labute approximate surface area is 184 Å². The van der Waals surface area contributed by atoms with Gasteiger partial charge in [-0.3, -0.25) is 4.79 Å². The van der Waals surface area contributed by atoms with E-state index < -0.39 is 29.4 Å². The highest BCUT2D eigenvalue weighted by atomic mass is 16.6. The average molecular weight is 442 g/mol. The highest BCUT2D eigenvalue weighted by molar-refractivity contribution is 5.91. The molecule has 0 aliphatic heterocycles. The largest absolute Gasteiger partial charge is 0.493 e. The van der Waals surface area contributed by atoms with E-state index in [2.05, 4.69) is 0 Å². The average Bonchev–Trinajstić information content (AvgIpc) is 2.61. The number of esters is 2. The summed E-state index contributed by atoms with van der Waals surface area (Å²) in [5, 5.41) is 0. The summed E-state index contributed by atoms with van der Waals surface area (Å²) in [7, 11) is 2.90. The molecule has 176 valence electrons. The van der Waals surface area contributed by atoms with Gasteiger partial charge in [0, 0.05) is 0 Å². The van der Waals surface area contributed by atoms with Crippen molar-refractivity contribution in [2.24, 2.45) is 5.73 Å². The molecule has 0 bridgehead atoms. The lowest BCUT2D eigenvalue weighted by Gasteiger charge is -2.21. The van der Waals surface area contributed by atoms with Gasteiger partial charge in [0.05, 0.1) is 32.8 Å². The Morgan fingerprint density at radius 2 is 1.42 bits per heavy atom. The predicted octanol–water partition coefficient (Wildman–Crippen LogP) is 3.07. The van der Waals surface area contributed by atoms with Gasteiger partial charge in [0.1, 0.15) is 24.0 Å². The third-order valence-electron chi connectivity index (χ3n) is 3.54. The molecule has 1 unspecified atom stereocenters. The van der Waals surface area contributed by atoms with E-state index in [9.17, 15) is 9.59 Å². The molecule has 0 fully saturated rings. The predicted molar refractivity (Wildman–Crippen MR) is 115 cm³/mol. The van der Waals surface area contributed by atoms with Crippen molar-refractivity contribution in [1.82, 2.24) is 0 Å². The highest BCUT2D eigenvalue weighted by Crippen LogP contribution is 2.39. The topological polar surface area (TPSA) is 116 Å². The van der Waals surface area contributed by atoms with Gasteiger partial charge in [-0.1, -0.05) is 0 Å². The maximum atomic E-state index is 12.4. The van der Waals surface area contributed by atoms with Gasteiger partial charge in [0.2, 0.25) is 5.75 Å². The van der Waals surface area contributed by atoms with Crippen molar-refractivity contribution in [2.75, 3.05) is 27.4 Å². The van der Waals surface area contributed by atoms with Crippen LogP contribution in [-0.4, -0.2) is 56.8 Å². The molecule has 1 atom stereocenters. The summed E-state index contributed by atoms with van der Waals surface area (Å²) in [6, 6.07) is 3.03. The van der Waals surface area contributed by atoms with Crippen LogP contribution < -0.4 is 19.9 Å². The fourth-order valence-corrected chi connectivity index (χ4v) is 2.43. The molecular weight excluding hydrogens is 406 g/mol. The second-order valence-electron chi connectivity index (χ2n) is 8.76. The molecule has 31 heavy (non-hydrogen) atoms.